The Labute approximate surface area is 138 Å². The normalized spacial score (nSPS) is 10.9. The monoisotopic (exact) mass is 360 g/mol. The zero-order chi connectivity index (χ0) is 18.0. The highest BCUT2D eigenvalue weighted by Gasteiger charge is 2.22. The number of hydrogen-bond donors (Lipinski definition) is 2. The van der Waals surface area contributed by atoms with E-state index >= 15 is 0 Å². The number of carbonyl (C=O) groups excluding carboxylic acids is 1. The van der Waals surface area contributed by atoms with E-state index in [0.29, 0.717) is 0 Å². The summed E-state index contributed by atoms with van der Waals surface area (Å²) in [7, 11) is 0. The van der Waals surface area contributed by atoms with Crippen LogP contribution in [0, 0.1) is 17.0 Å². The number of phenols is 1. The molecule has 24 heavy (non-hydrogen) atoms. The average Bonchev–Trinajstić information content (AvgIpc) is 2.77. The van der Waals surface area contributed by atoms with Crippen molar-refractivity contribution in [1.82, 2.24) is 9.78 Å². The average molecular weight is 361 g/mol. The molecule has 0 radical (unpaired) electrons. The van der Waals surface area contributed by atoms with E-state index in [4.69, 9.17) is 11.6 Å². The molecule has 1 aromatic heterocycles. The van der Waals surface area contributed by atoms with Gasteiger partial charge >= 0.3 is 0 Å². The first-order valence-electron chi connectivity index (χ1n) is 6.49. The van der Waals surface area contributed by atoms with Crippen molar-refractivity contribution >= 4 is 28.9 Å². The number of benzene rings is 1. The fraction of sp³-hybridized carbons (Fsp3) is 0.231. The largest absolute Gasteiger partial charge is 0.506 e. The summed E-state index contributed by atoms with van der Waals surface area (Å²) in [5.41, 5.74) is -0.840. The Morgan fingerprint density at radius 3 is 2.71 bits per heavy atom. The van der Waals surface area contributed by atoms with Crippen molar-refractivity contribution in [1.29, 1.82) is 0 Å². The Balaban J connectivity index is 2.14. The van der Waals surface area contributed by atoms with Crippen LogP contribution in [0.15, 0.2) is 18.2 Å². The molecule has 0 bridgehead atoms. The Morgan fingerprint density at radius 1 is 1.54 bits per heavy atom. The second-order valence-corrected chi connectivity index (χ2v) is 5.13. The third-order valence-electron chi connectivity index (χ3n) is 3.12. The number of rotatable bonds is 5. The van der Waals surface area contributed by atoms with E-state index in [1.165, 1.54) is 6.92 Å². The standard InChI is InChI=1S/C13H11ClF2N4O4/c1-6-11(14)12(13(15)16)18-19(6)5-10(22)17-8-3-2-7(20(23)24)4-9(8)21/h2-4,13,21H,5H2,1H3,(H,17,22). The minimum atomic E-state index is -2.88. The number of anilines is 1. The van der Waals surface area contributed by atoms with Crippen LogP contribution < -0.4 is 5.32 Å². The number of alkyl halides is 2. The fourth-order valence-electron chi connectivity index (χ4n) is 1.91. The number of aromatic hydroxyl groups is 1. The van der Waals surface area contributed by atoms with Crippen molar-refractivity contribution in [2.24, 2.45) is 0 Å². The van der Waals surface area contributed by atoms with Crippen molar-refractivity contribution in [2.45, 2.75) is 19.9 Å². The number of nitro benzene ring substituents is 1. The van der Waals surface area contributed by atoms with Crippen LogP contribution in [0.4, 0.5) is 20.2 Å². The summed E-state index contributed by atoms with van der Waals surface area (Å²) in [5.74, 6) is -1.18. The zero-order valence-corrected chi connectivity index (χ0v) is 12.9. The number of hydrogen-bond acceptors (Lipinski definition) is 5. The van der Waals surface area contributed by atoms with Crippen molar-refractivity contribution < 1.29 is 23.6 Å². The highest BCUT2D eigenvalue weighted by Crippen LogP contribution is 2.29. The van der Waals surface area contributed by atoms with Gasteiger partial charge in [0.05, 0.1) is 27.4 Å². The summed E-state index contributed by atoms with van der Waals surface area (Å²) in [6.45, 7) is 1.01. The first-order valence-corrected chi connectivity index (χ1v) is 6.86. The molecule has 2 aromatic rings. The van der Waals surface area contributed by atoms with Gasteiger partial charge in [-0.1, -0.05) is 11.6 Å². The molecule has 1 amide bonds. The van der Waals surface area contributed by atoms with E-state index in [9.17, 15) is 28.8 Å². The topological polar surface area (TPSA) is 110 Å². The minimum Gasteiger partial charge on any atom is -0.506 e. The maximum absolute atomic E-state index is 12.7. The van der Waals surface area contributed by atoms with Gasteiger partial charge in [-0.25, -0.2) is 8.78 Å². The van der Waals surface area contributed by atoms with Gasteiger partial charge in [0, 0.05) is 6.07 Å². The molecule has 8 nitrogen and oxygen atoms in total. The number of nitro groups is 1. The molecule has 0 fully saturated rings. The van der Waals surface area contributed by atoms with Crippen LogP contribution in [0.3, 0.4) is 0 Å². The lowest BCUT2D eigenvalue weighted by molar-refractivity contribution is -0.384. The van der Waals surface area contributed by atoms with E-state index in [-0.39, 0.29) is 22.1 Å². The van der Waals surface area contributed by atoms with E-state index in [1.54, 1.807) is 0 Å². The molecule has 0 spiro atoms. The van der Waals surface area contributed by atoms with Crippen molar-refractivity contribution in [3.05, 3.63) is 44.7 Å². The fourth-order valence-corrected chi connectivity index (χ4v) is 2.12. The second kappa shape index (κ2) is 6.79. The first-order chi connectivity index (χ1) is 11.2. The first kappa shape index (κ1) is 17.6. The van der Waals surface area contributed by atoms with E-state index in [2.05, 4.69) is 10.4 Å². The number of amides is 1. The molecule has 0 aliphatic rings. The highest BCUT2D eigenvalue weighted by molar-refractivity contribution is 6.31. The SMILES string of the molecule is Cc1c(Cl)c(C(F)F)nn1CC(=O)Nc1ccc([N+](=O)[O-])cc1O. The molecule has 0 aliphatic heterocycles. The van der Waals surface area contributed by atoms with Gasteiger partial charge in [-0.05, 0) is 13.0 Å². The molecule has 11 heteroatoms. The number of nitrogens with zero attached hydrogens (tertiary/aromatic N) is 3. The van der Waals surface area contributed by atoms with Crippen LogP contribution in [0.2, 0.25) is 5.02 Å². The molecule has 2 N–H and O–H groups in total. The van der Waals surface area contributed by atoms with Gasteiger partial charge in [-0.2, -0.15) is 5.10 Å². The summed E-state index contributed by atoms with van der Waals surface area (Å²) in [6, 6.07) is 3.12. The number of aromatic nitrogens is 2. The van der Waals surface area contributed by atoms with Crippen molar-refractivity contribution in [2.75, 3.05) is 5.32 Å². The van der Waals surface area contributed by atoms with Crippen LogP contribution in [-0.4, -0.2) is 25.7 Å². The molecule has 2 rings (SSSR count). The number of nitrogens with one attached hydrogen (secondary N) is 1. The second-order valence-electron chi connectivity index (χ2n) is 4.75. The van der Waals surface area contributed by atoms with Gasteiger partial charge in [-0.15, -0.1) is 0 Å². The maximum atomic E-state index is 12.7. The van der Waals surface area contributed by atoms with E-state index < -0.39 is 35.2 Å². The Morgan fingerprint density at radius 2 is 2.21 bits per heavy atom. The molecule has 0 aliphatic carbocycles. The molecule has 1 heterocycles. The van der Waals surface area contributed by atoms with Crippen molar-refractivity contribution in [3.63, 3.8) is 0 Å². The minimum absolute atomic E-state index is 0.0596. The van der Waals surface area contributed by atoms with Gasteiger partial charge < -0.3 is 10.4 Å². The Hall–Kier alpha value is -2.75. The van der Waals surface area contributed by atoms with Crippen LogP contribution in [0.1, 0.15) is 17.8 Å². The van der Waals surface area contributed by atoms with Crippen molar-refractivity contribution in [3.8, 4) is 5.75 Å². The van der Waals surface area contributed by atoms with Crippen LogP contribution in [0.25, 0.3) is 0 Å². The quantitative estimate of drug-likeness (QED) is 0.483. The smallest absolute Gasteiger partial charge is 0.283 e. The van der Waals surface area contributed by atoms with Gasteiger partial charge in [0.1, 0.15) is 18.0 Å². The van der Waals surface area contributed by atoms with Gasteiger partial charge in [-0.3, -0.25) is 19.6 Å². The molecule has 128 valence electrons. The van der Waals surface area contributed by atoms with Gasteiger partial charge in [0.15, 0.2) is 0 Å². The third-order valence-corrected chi connectivity index (χ3v) is 3.59. The molecule has 0 saturated carbocycles. The summed E-state index contributed by atoms with van der Waals surface area (Å²) < 4.78 is 26.4. The number of halogens is 3. The Bertz CT molecular complexity index is 810. The lowest BCUT2D eigenvalue weighted by atomic mass is 10.2. The Kier molecular flexibility index (Phi) is 4.98. The number of phenolic OH excluding ortho intramolecular Hbond substituents is 1. The lowest BCUT2D eigenvalue weighted by Crippen LogP contribution is -2.20. The summed E-state index contributed by atoms with van der Waals surface area (Å²) in [6.07, 6.45) is -2.88. The van der Waals surface area contributed by atoms with E-state index in [0.717, 1.165) is 22.9 Å². The predicted octanol–water partition coefficient (Wildman–Crippen LogP) is 3.04. The molecule has 1 aromatic carbocycles. The summed E-state index contributed by atoms with van der Waals surface area (Å²) in [4.78, 5) is 21.8. The van der Waals surface area contributed by atoms with E-state index in [1.807, 2.05) is 0 Å². The van der Waals surface area contributed by atoms with Gasteiger partial charge in [0.2, 0.25) is 5.91 Å². The lowest BCUT2D eigenvalue weighted by Gasteiger charge is -2.08. The van der Waals surface area contributed by atoms with Crippen LogP contribution in [0.5, 0.6) is 5.75 Å². The molecular formula is C13H11ClF2N4O4. The molecule has 0 saturated heterocycles. The zero-order valence-electron chi connectivity index (χ0n) is 12.2. The molecule has 0 unspecified atom stereocenters. The summed E-state index contributed by atoms with van der Waals surface area (Å²) in [5, 5.41) is 25.9. The molecular weight excluding hydrogens is 350 g/mol. The predicted molar refractivity (Wildman–Crippen MR) is 80.3 cm³/mol. The van der Waals surface area contributed by atoms with Gasteiger partial charge in [0.25, 0.3) is 12.1 Å². The number of non-ortho nitro benzene ring substituents is 1. The highest BCUT2D eigenvalue weighted by atomic mass is 35.5. The molecule has 0 atom stereocenters. The maximum Gasteiger partial charge on any atom is 0.283 e. The van der Waals surface area contributed by atoms with Crippen LogP contribution in [-0.2, 0) is 11.3 Å². The van der Waals surface area contributed by atoms with Crippen LogP contribution >= 0.6 is 11.6 Å². The summed E-state index contributed by atoms with van der Waals surface area (Å²) >= 11 is 5.73. The number of carbonyl (C=O) groups is 1. The third kappa shape index (κ3) is 3.59.